The van der Waals surface area contributed by atoms with Gasteiger partial charge in [0.15, 0.2) is 5.82 Å². The summed E-state index contributed by atoms with van der Waals surface area (Å²) in [4.78, 5) is 4.49. The van der Waals surface area contributed by atoms with Crippen molar-refractivity contribution in [3.8, 4) is 0 Å². The van der Waals surface area contributed by atoms with Crippen molar-refractivity contribution >= 4 is 0 Å². The molecule has 1 aliphatic rings. The lowest BCUT2D eigenvalue weighted by molar-refractivity contribution is 0.341. The van der Waals surface area contributed by atoms with E-state index in [-0.39, 0.29) is 6.04 Å². The van der Waals surface area contributed by atoms with Crippen LogP contribution in [0.4, 0.5) is 0 Å². The van der Waals surface area contributed by atoms with Crippen LogP contribution in [0.15, 0.2) is 28.8 Å². The highest BCUT2D eigenvalue weighted by Crippen LogP contribution is 2.21. The van der Waals surface area contributed by atoms with E-state index >= 15 is 0 Å². The van der Waals surface area contributed by atoms with E-state index in [2.05, 4.69) is 34.5 Å². The van der Waals surface area contributed by atoms with Gasteiger partial charge in [0.05, 0.1) is 6.04 Å². The van der Waals surface area contributed by atoms with Crippen molar-refractivity contribution in [3.05, 3.63) is 47.1 Å². The quantitative estimate of drug-likeness (QED) is 0.899. The Hall–Kier alpha value is -1.68. The van der Waals surface area contributed by atoms with Gasteiger partial charge < -0.3 is 9.84 Å². The standard InChI is InChI=1S/C14H17N3O/c1-10-5-2-3-6-11(10)9-13-16-14(18-17-13)12-7-4-8-15-12/h2-3,5-6,12,15H,4,7-9H2,1H3/t12-/m0/s1. The highest BCUT2D eigenvalue weighted by Gasteiger charge is 2.22. The normalized spacial score (nSPS) is 19.3. The first-order valence-electron chi connectivity index (χ1n) is 6.43. The fourth-order valence-corrected chi connectivity index (χ4v) is 2.35. The molecule has 0 saturated carbocycles. The fraction of sp³-hybridized carbons (Fsp3) is 0.429. The van der Waals surface area contributed by atoms with E-state index in [0.29, 0.717) is 0 Å². The molecule has 0 bridgehead atoms. The second kappa shape index (κ2) is 4.90. The Morgan fingerprint density at radius 2 is 2.28 bits per heavy atom. The molecule has 4 heteroatoms. The summed E-state index contributed by atoms with van der Waals surface area (Å²) < 4.78 is 5.34. The van der Waals surface area contributed by atoms with Crippen LogP contribution < -0.4 is 5.32 Å². The monoisotopic (exact) mass is 243 g/mol. The Morgan fingerprint density at radius 3 is 3.06 bits per heavy atom. The van der Waals surface area contributed by atoms with Crippen LogP contribution in [-0.2, 0) is 6.42 Å². The summed E-state index contributed by atoms with van der Waals surface area (Å²) in [5.74, 6) is 1.50. The minimum atomic E-state index is 0.253. The molecule has 1 fully saturated rings. The summed E-state index contributed by atoms with van der Waals surface area (Å²) in [6.07, 6.45) is 3.01. The number of benzene rings is 1. The van der Waals surface area contributed by atoms with Crippen LogP contribution >= 0.6 is 0 Å². The third kappa shape index (κ3) is 2.29. The van der Waals surface area contributed by atoms with Gasteiger partial charge in [0.1, 0.15) is 0 Å². The predicted molar refractivity (Wildman–Crippen MR) is 68.3 cm³/mol. The molecule has 18 heavy (non-hydrogen) atoms. The Bertz CT molecular complexity index is 529. The van der Waals surface area contributed by atoms with E-state index in [1.807, 2.05) is 12.1 Å². The van der Waals surface area contributed by atoms with E-state index in [1.54, 1.807) is 0 Å². The third-order valence-corrected chi connectivity index (χ3v) is 3.45. The number of aromatic nitrogens is 2. The second-order valence-corrected chi connectivity index (χ2v) is 4.80. The van der Waals surface area contributed by atoms with E-state index < -0.39 is 0 Å². The third-order valence-electron chi connectivity index (χ3n) is 3.45. The number of nitrogens with one attached hydrogen (secondary N) is 1. The second-order valence-electron chi connectivity index (χ2n) is 4.80. The molecule has 2 heterocycles. The summed E-state index contributed by atoms with van der Waals surface area (Å²) in [5.41, 5.74) is 2.52. The topological polar surface area (TPSA) is 51.0 Å². The summed E-state index contributed by atoms with van der Waals surface area (Å²) in [6.45, 7) is 3.15. The molecule has 3 rings (SSSR count). The molecule has 0 aliphatic carbocycles. The van der Waals surface area contributed by atoms with Gasteiger partial charge in [-0.25, -0.2) is 0 Å². The first-order valence-corrected chi connectivity index (χ1v) is 6.43. The molecule has 0 spiro atoms. The fourth-order valence-electron chi connectivity index (χ4n) is 2.35. The Balaban J connectivity index is 1.75. The molecular formula is C14H17N3O. The van der Waals surface area contributed by atoms with Crippen molar-refractivity contribution in [3.63, 3.8) is 0 Å². The van der Waals surface area contributed by atoms with Crippen molar-refractivity contribution in [1.82, 2.24) is 15.5 Å². The van der Waals surface area contributed by atoms with Crippen LogP contribution in [0.25, 0.3) is 0 Å². The molecule has 2 aromatic rings. The molecule has 0 amide bonds. The summed E-state index contributed by atoms with van der Waals surface area (Å²) in [6, 6.07) is 8.56. The van der Waals surface area contributed by atoms with Gasteiger partial charge in [0, 0.05) is 6.42 Å². The molecule has 1 aliphatic heterocycles. The van der Waals surface area contributed by atoms with Crippen LogP contribution in [0.3, 0.4) is 0 Å². The van der Waals surface area contributed by atoms with E-state index in [4.69, 9.17) is 4.52 Å². The lowest BCUT2D eigenvalue weighted by Crippen LogP contribution is -2.13. The van der Waals surface area contributed by atoms with Crippen molar-refractivity contribution in [2.75, 3.05) is 6.54 Å². The first kappa shape index (κ1) is 11.4. The minimum absolute atomic E-state index is 0.253. The average molecular weight is 243 g/mol. The summed E-state index contributed by atoms with van der Waals surface area (Å²) in [7, 11) is 0. The zero-order valence-corrected chi connectivity index (χ0v) is 10.5. The highest BCUT2D eigenvalue weighted by molar-refractivity contribution is 5.28. The molecule has 94 valence electrons. The van der Waals surface area contributed by atoms with Crippen molar-refractivity contribution in [2.45, 2.75) is 32.2 Å². The van der Waals surface area contributed by atoms with Crippen LogP contribution in [0.5, 0.6) is 0 Å². The maximum absolute atomic E-state index is 5.34. The molecule has 1 saturated heterocycles. The van der Waals surface area contributed by atoms with Crippen molar-refractivity contribution in [1.29, 1.82) is 0 Å². The van der Waals surface area contributed by atoms with Gasteiger partial charge in [-0.2, -0.15) is 4.98 Å². The largest absolute Gasteiger partial charge is 0.338 e. The molecule has 0 radical (unpaired) electrons. The van der Waals surface area contributed by atoms with Gasteiger partial charge in [0.25, 0.3) is 0 Å². The van der Waals surface area contributed by atoms with E-state index in [1.165, 1.54) is 17.5 Å². The molecule has 1 atom stereocenters. The molecule has 4 nitrogen and oxygen atoms in total. The number of hydrogen-bond acceptors (Lipinski definition) is 4. The summed E-state index contributed by atoms with van der Waals surface area (Å²) >= 11 is 0. The molecule has 1 aromatic carbocycles. The zero-order chi connectivity index (χ0) is 12.4. The average Bonchev–Trinajstić information content (AvgIpc) is 3.02. The Morgan fingerprint density at radius 1 is 1.39 bits per heavy atom. The van der Waals surface area contributed by atoms with E-state index in [0.717, 1.165) is 31.1 Å². The Kier molecular flexibility index (Phi) is 3.11. The van der Waals surface area contributed by atoms with Gasteiger partial charge in [-0.15, -0.1) is 0 Å². The SMILES string of the molecule is Cc1ccccc1Cc1noc([C@@H]2CCCN2)n1. The maximum Gasteiger partial charge on any atom is 0.243 e. The first-order chi connectivity index (χ1) is 8.83. The number of aryl methyl sites for hydroxylation is 1. The van der Waals surface area contributed by atoms with E-state index in [9.17, 15) is 0 Å². The lowest BCUT2D eigenvalue weighted by Gasteiger charge is -2.02. The Labute approximate surface area is 106 Å². The molecule has 1 N–H and O–H groups in total. The van der Waals surface area contributed by atoms with Gasteiger partial charge in [-0.1, -0.05) is 29.4 Å². The number of hydrogen-bond donors (Lipinski definition) is 1. The van der Waals surface area contributed by atoms with Crippen LogP contribution in [0.2, 0.25) is 0 Å². The van der Waals surface area contributed by atoms with Gasteiger partial charge in [-0.05, 0) is 37.4 Å². The maximum atomic E-state index is 5.34. The minimum Gasteiger partial charge on any atom is -0.338 e. The smallest absolute Gasteiger partial charge is 0.243 e. The van der Waals surface area contributed by atoms with Crippen LogP contribution in [0.1, 0.15) is 41.7 Å². The lowest BCUT2D eigenvalue weighted by atomic mass is 10.1. The van der Waals surface area contributed by atoms with Crippen LogP contribution in [-0.4, -0.2) is 16.7 Å². The zero-order valence-electron chi connectivity index (χ0n) is 10.5. The van der Waals surface area contributed by atoms with Gasteiger partial charge >= 0.3 is 0 Å². The van der Waals surface area contributed by atoms with Gasteiger partial charge in [-0.3, -0.25) is 0 Å². The van der Waals surface area contributed by atoms with Crippen LogP contribution in [0, 0.1) is 6.92 Å². The molecular weight excluding hydrogens is 226 g/mol. The number of nitrogens with zero attached hydrogens (tertiary/aromatic N) is 2. The predicted octanol–water partition coefficient (Wildman–Crippen LogP) is 2.39. The molecule has 1 aromatic heterocycles. The van der Waals surface area contributed by atoms with Crippen molar-refractivity contribution < 1.29 is 4.52 Å². The molecule has 0 unspecified atom stereocenters. The number of rotatable bonds is 3. The highest BCUT2D eigenvalue weighted by atomic mass is 16.5. The summed E-state index contributed by atoms with van der Waals surface area (Å²) in [5, 5.41) is 7.44. The van der Waals surface area contributed by atoms with Crippen molar-refractivity contribution in [2.24, 2.45) is 0 Å². The van der Waals surface area contributed by atoms with Gasteiger partial charge in [0.2, 0.25) is 5.89 Å².